The quantitative estimate of drug-likeness (QED) is 0.611. The number of rotatable bonds is 7. The van der Waals surface area contributed by atoms with Crippen molar-refractivity contribution in [1.29, 1.82) is 0 Å². The molecule has 32 heavy (non-hydrogen) atoms. The van der Waals surface area contributed by atoms with Gasteiger partial charge in [-0.3, -0.25) is 14.6 Å². The van der Waals surface area contributed by atoms with Gasteiger partial charge in [0.25, 0.3) is 5.91 Å². The molecule has 0 aromatic heterocycles. The third kappa shape index (κ3) is 4.74. The van der Waals surface area contributed by atoms with Crippen molar-refractivity contribution in [3.05, 3.63) is 66.2 Å². The van der Waals surface area contributed by atoms with Crippen molar-refractivity contribution in [3.8, 4) is 16.9 Å². The van der Waals surface area contributed by atoms with E-state index in [0.717, 1.165) is 43.1 Å². The second kappa shape index (κ2) is 9.88. The van der Waals surface area contributed by atoms with E-state index >= 15 is 0 Å². The molecule has 2 aromatic rings. The van der Waals surface area contributed by atoms with Crippen LogP contribution in [0.15, 0.2) is 55.1 Å². The van der Waals surface area contributed by atoms with Crippen LogP contribution in [-0.2, 0) is 6.54 Å². The van der Waals surface area contributed by atoms with Gasteiger partial charge in [-0.1, -0.05) is 24.3 Å². The lowest BCUT2D eigenvalue weighted by Gasteiger charge is -2.29. The van der Waals surface area contributed by atoms with Crippen molar-refractivity contribution in [1.82, 2.24) is 14.7 Å². The number of fused-ring (bicyclic) bond motifs is 2. The number of hydrogen-bond acceptors (Lipinski definition) is 4. The standard InChI is InChI=1S/C27H35N3O2/c1-5-14-29-15-13-23-11-12-24(19-29)30(23)18-22-10-9-21(27(31)28(2)3)17-26(22)20-7-6-8-25(16-20)32-4/h5-10,16-17,23-24H,1,11-15,18-19H2,2-4H3. The maximum absolute atomic E-state index is 12.7. The Kier molecular flexibility index (Phi) is 6.97. The van der Waals surface area contributed by atoms with E-state index in [-0.39, 0.29) is 5.91 Å². The fraction of sp³-hybridized carbons (Fsp3) is 0.444. The van der Waals surface area contributed by atoms with E-state index in [0.29, 0.717) is 17.6 Å². The summed E-state index contributed by atoms with van der Waals surface area (Å²) in [6.45, 7) is 8.05. The van der Waals surface area contributed by atoms with Crippen LogP contribution in [0, 0.1) is 0 Å². The normalized spacial score (nSPS) is 21.2. The van der Waals surface area contributed by atoms with Gasteiger partial charge in [-0.2, -0.15) is 0 Å². The summed E-state index contributed by atoms with van der Waals surface area (Å²) in [7, 11) is 5.28. The predicted molar refractivity (Wildman–Crippen MR) is 130 cm³/mol. The molecule has 2 saturated heterocycles. The molecule has 4 rings (SSSR count). The Morgan fingerprint density at radius 2 is 1.97 bits per heavy atom. The van der Waals surface area contributed by atoms with Crippen LogP contribution in [0.4, 0.5) is 0 Å². The summed E-state index contributed by atoms with van der Waals surface area (Å²) in [4.78, 5) is 19.6. The maximum Gasteiger partial charge on any atom is 0.253 e. The van der Waals surface area contributed by atoms with Gasteiger partial charge in [0, 0.05) is 57.9 Å². The largest absolute Gasteiger partial charge is 0.497 e. The topological polar surface area (TPSA) is 36.0 Å². The number of hydrogen-bond donors (Lipinski definition) is 0. The van der Waals surface area contributed by atoms with E-state index in [9.17, 15) is 4.79 Å². The Labute approximate surface area is 192 Å². The highest BCUT2D eigenvalue weighted by atomic mass is 16.5. The summed E-state index contributed by atoms with van der Waals surface area (Å²) in [6.07, 6.45) is 5.75. The van der Waals surface area contributed by atoms with Gasteiger partial charge >= 0.3 is 0 Å². The average Bonchev–Trinajstić information content (AvgIpc) is 3.08. The lowest BCUT2D eigenvalue weighted by atomic mass is 9.95. The minimum absolute atomic E-state index is 0.0237. The van der Waals surface area contributed by atoms with Crippen LogP contribution in [0.5, 0.6) is 5.75 Å². The minimum Gasteiger partial charge on any atom is -0.497 e. The summed E-state index contributed by atoms with van der Waals surface area (Å²) in [5, 5.41) is 0. The monoisotopic (exact) mass is 433 g/mol. The molecule has 2 aromatic carbocycles. The maximum atomic E-state index is 12.7. The smallest absolute Gasteiger partial charge is 0.253 e. The zero-order valence-electron chi connectivity index (χ0n) is 19.6. The molecule has 0 saturated carbocycles. The van der Waals surface area contributed by atoms with Gasteiger partial charge in [-0.25, -0.2) is 0 Å². The molecule has 1 amide bonds. The van der Waals surface area contributed by atoms with Crippen LogP contribution in [0.1, 0.15) is 35.2 Å². The molecule has 2 bridgehead atoms. The Morgan fingerprint density at radius 3 is 2.72 bits per heavy atom. The fourth-order valence-corrected chi connectivity index (χ4v) is 5.21. The lowest BCUT2D eigenvalue weighted by Crippen LogP contribution is -2.38. The highest BCUT2D eigenvalue weighted by Gasteiger charge is 2.37. The lowest BCUT2D eigenvalue weighted by molar-refractivity contribution is 0.0827. The van der Waals surface area contributed by atoms with Gasteiger partial charge in [0.2, 0.25) is 0 Å². The molecule has 2 atom stereocenters. The molecule has 2 aliphatic rings. The predicted octanol–water partition coefficient (Wildman–Crippen LogP) is 4.29. The molecule has 2 unspecified atom stereocenters. The second-order valence-electron chi connectivity index (χ2n) is 9.20. The second-order valence-corrected chi connectivity index (χ2v) is 9.20. The number of carbonyl (C=O) groups is 1. The average molecular weight is 434 g/mol. The summed E-state index contributed by atoms with van der Waals surface area (Å²) >= 11 is 0. The van der Waals surface area contributed by atoms with E-state index in [4.69, 9.17) is 4.74 Å². The van der Waals surface area contributed by atoms with Crippen molar-refractivity contribution in [2.24, 2.45) is 0 Å². The number of ether oxygens (including phenoxy) is 1. The van der Waals surface area contributed by atoms with E-state index in [1.54, 1.807) is 26.1 Å². The van der Waals surface area contributed by atoms with Crippen LogP contribution in [-0.4, -0.2) is 73.5 Å². The van der Waals surface area contributed by atoms with Crippen LogP contribution < -0.4 is 4.74 Å². The Balaban J connectivity index is 1.68. The van der Waals surface area contributed by atoms with Gasteiger partial charge in [-0.05, 0) is 60.2 Å². The zero-order valence-corrected chi connectivity index (χ0v) is 19.6. The number of methoxy groups -OCH3 is 1. The van der Waals surface area contributed by atoms with Crippen LogP contribution in [0.3, 0.4) is 0 Å². The zero-order chi connectivity index (χ0) is 22.7. The van der Waals surface area contributed by atoms with Crippen LogP contribution in [0.25, 0.3) is 11.1 Å². The highest BCUT2D eigenvalue weighted by Crippen LogP contribution is 2.35. The summed E-state index contributed by atoms with van der Waals surface area (Å²) in [6, 6.07) is 15.5. The van der Waals surface area contributed by atoms with E-state index in [1.165, 1.54) is 24.8 Å². The van der Waals surface area contributed by atoms with Crippen LogP contribution in [0.2, 0.25) is 0 Å². The summed E-state index contributed by atoms with van der Waals surface area (Å²) in [5.41, 5.74) is 4.18. The first-order valence-electron chi connectivity index (χ1n) is 11.6. The van der Waals surface area contributed by atoms with Gasteiger partial charge in [0.05, 0.1) is 7.11 Å². The molecule has 5 nitrogen and oxygen atoms in total. The summed E-state index contributed by atoms with van der Waals surface area (Å²) in [5.74, 6) is 0.850. The van der Waals surface area contributed by atoms with Crippen LogP contribution >= 0.6 is 0 Å². The molecule has 2 fully saturated rings. The SMILES string of the molecule is C=CCN1CCC2CCC(C1)N2Cc1ccc(C(=O)N(C)C)cc1-c1cccc(OC)c1. The van der Waals surface area contributed by atoms with Gasteiger partial charge in [0.15, 0.2) is 0 Å². The molecule has 170 valence electrons. The van der Waals surface area contributed by atoms with Gasteiger partial charge in [-0.15, -0.1) is 6.58 Å². The first kappa shape index (κ1) is 22.6. The first-order chi connectivity index (χ1) is 15.5. The third-order valence-corrected chi connectivity index (χ3v) is 6.90. The van der Waals surface area contributed by atoms with Gasteiger partial charge < -0.3 is 9.64 Å². The number of likely N-dealkylation sites (tertiary alicyclic amines) is 1. The molecule has 0 radical (unpaired) electrons. The van der Waals surface area contributed by atoms with Crippen molar-refractivity contribution in [2.75, 3.05) is 40.8 Å². The van der Waals surface area contributed by atoms with E-state index in [1.807, 2.05) is 24.3 Å². The molecule has 2 aliphatic heterocycles. The molecule has 0 N–H and O–H groups in total. The number of carbonyl (C=O) groups excluding carboxylic acids is 1. The Hall–Kier alpha value is -2.63. The highest BCUT2D eigenvalue weighted by molar-refractivity contribution is 5.95. The molecule has 2 heterocycles. The number of benzene rings is 2. The third-order valence-electron chi connectivity index (χ3n) is 6.90. The molecule has 0 spiro atoms. The molecular weight excluding hydrogens is 398 g/mol. The van der Waals surface area contributed by atoms with E-state index < -0.39 is 0 Å². The number of nitrogens with zero attached hydrogens (tertiary/aromatic N) is 3. The van der Waals surface area contributed by atoms with Crippen molar-refractivity contribution < 1.29 is 9.53 Å². The molecular formula is C27H35N3O2. The van der Waals surface area contributed by atoms with Crippen molar-refractivity contribution >= 4 is 5.91 Å². The Bertz CT molecular complexity index is 971. The fourth-order valence-electron chi connectivity index (χ4n) is 5.21. The first-order valence-corrected chi connectivity index (χ1v) is 11.6. The van der Waals surface area contributed by atoms with E-state index in [2.05, 4.69) is 40.6 Å². The van der Waals surface area contributed by atoms with Crippen molar-refractivity contribution in [3.63, 3.8) is 0 Å². The Morgan fingerprint density at radius 1 is 1.16 bits per heavy atom. The van der Waals surface area contributed by atoms with Gasteiger partial charge in [0.1, 0.15) is 5.75 Å². The molecule has 5 heteroatoms. The van der Waals surface area contributed by atoms with Crippen molar-refractivity contribution in [2.45, 2.75) is 37.9 Å². The number of amides is 1. The molecule has 0 aliphatic carbocycles. The minimum atomic E-state index is 0.0237. The summed E-state index contributed by atoms with van der Waals surface area (Å²) < 4.78 is 5.48.